The fraction of sp³-hybridized carbons (Fsp3) is 0.133. The Labute approximate surface area is 150 Å². The smallest absolute Gasteiger partial charge is 0.342 e. The van der Waals surface area contributed by atoms with Gasteiger partial charge < -0.3 is 10.5 Å². The van der Waals surface area contributed by atoms with Crippen molar-refractivity contribution in [2.24, 2.45) is 5.73 Å². The molecule has 0 radical (unpaired) electrons. The van der Waals surface area contributed by atoms with Gasteiger partial charge in [0, 0.05) is 18.3 Å². The van der Waals surface area contributed by atoms with Crippen LogP contribution in [0.1, 0.15) is 17.3 Å². The summed E-state index contributed by atoms with van der Waals surface area (Å²) in [6, 6.07) is 4.12. The third-order valence-corrected chi connectivity index (χ3v) is 3.56. The summed E-state index contributed by atoms with van der Waals surface area (Å²) in [6.07, 6.45) is 1.25. The molecule has 0 unspecified atom stereocenters. The summed E-state index contributed by atoms with van der Waals surface area (Å²) in [5, 5.41) is 18.6. The largest absolute Gasteiger partial charge is 0.462 e. The van der Waals surface area contributed by atoms with E-state index >= 15 is 0 Å². The molecular formula is C15H12N6O6. The molecule has 0 atom stereocenters. The first-order valence-corrected chi connectivity index (χ1v) is 7.58. The molecule has 0 bridgehead atoms. The molecular weight excluding hydrogens is 360 g/mol. The van der Waals surface area contributed by atoms with E-state index in [0.717, 1.165) is 4.68 Å². The second-order valence-corrected chi connectivity index (χ2v) is 5.23. The standard InChI is InChI=1S/C15H12N6O6/c1-2-27-14(23)10-7-19(8-3-5-9(6-4-8)21(25)26)17-12-11(10)18-20(13(12)22)15(16)24/h3-7H,2H2,1H3,(H2,16,24). The van der Waals surface area contributed by atoms with Crippen LogP contribution < -0.4 is 11.3 Å². The molecule has 27 heavy (non-hydrogen) atoms. The number of ether oxygens (including phenoxy) is 1. The van der Waals surface area contributed by atoms with Gasteiger partial charge in [-0.1, -0.05) is 0 Å². The minimum atomic E-state index is -1.13. The average molecular weight is 372 g/mol. The van der Waals surface area contributed by atoms with Crippen LogP contribution >= 0.6 is 0 Å². The third kappa shape index (κ3) is 3.10. The minimum Gasteiger partial charge on any atom is -0.462 e. The van der Waals surface area contributed by atoms with Gasteiger partial charge in [-0.25, -0.2) is 14.3 Å². The van der Waals surface area contributed by atoms with E-state index in [-0.39, 0.29) is 29.2 Å². The summed E-state index contributed by atoms with van der Waals surface area (Å²) in [4.78, 5) is 46.1. The molecule has 1 amide bonds. The predicted molar refractivity (Wildman–Crippen MR) is 89.8 cm³/mol. The Morgan fingerprint density at radius 2 is 1.89 bits per heavy atom. The monoisotopic (exact) mass is 372 g/mol. The first-order chi connectivity index (χ1) is 12.8. The molecule has 1 aromatic carbocycles. The highest BCUT2D eigenvalue weighted by atomic mass is 16.6. The van der Waals surface area contributed by atoms with Gasteiger partial charge in [0.05, 0.1) is 17.2 Å². The molecule has 0 saturated heterocycles. The van der Waals surface area contributed by atoms with Crippen molar-refractivity contribution < 1.29 is 19.2 Å². The number of nitro groups is 1. The Bertz CT molecular complexity index is 1080. The summed E-state index contributed by atoms with van der Waals surface area (Å²) in [5.74, 6) is -0.783. The van der Waals surface area contributed by atoms with Gasteiger partial charge in [0.1, 0.15) is 11.3 Å². The van der Waals surface area contributed by atoms with Gasteiger partial charge in [-0.05, 0) is 19.1 Å². The van der Waals surface area contributed by atoms with Gasteiger partial charge >= 0.3 is 17.6 Å². The van der Waals surface area contributed by atoms with Crippen molar-refractivity contribution in [1.29, 1.82) is 0 Å². The number of nitrogens with two attached hydrogens (primary N) is 1. The molecule has 138 valence electrons. The van der Waals surface area contributed by atoms with Crippen molar-refractivity contribution in [3.05, 3.63) is 56.5 Å². The second kappa shape index (κ2) is 6.67. The Morgan fingerprint density at radius 3 is 2.44 bits per heavy atom. The summed E-state index contributed by atoms with van der Waals surface area (Å²) in [5.41, 5.74) is 3.86. The van der Waals surface area contributed by atoms with Crippen LogP contribution in [0.15, 0.2) is 35.3 Å². The molecule has 0 fully saturated rings. The highest BCUT2D eigenvalue weighted by Crippen LogP contribution is 2.22. The lowest BCUT2D eigenvalue weighted by molar-refractivity contribution is -0.384. The van der Waals surface area contributed by atoms with E-state index in [9.17, 15) is 24.5 Å². The zero-order valence-electron chi connectivity index (χ0n) is 13.9. The second-order valence-electron chi connectivity index (χ2n) is 5.23. The van der Waals surface area contributed by atoms with E-state index in [4.69, 9.17) is 10.5 Å². The van der Waals surface area contributed by atoms with Crippen LogP contribution in [0.25, 0.3) is 17.1 Å². The number of amides is 1. The molecule has 3 rings (SSSR count). The molecule has 2 N–H and O–H groups in total. The third-order valence-electron chi connectivity index (χ3n) is 3.56. The van der Waals surface area contributed by atoms with Crippen molar-refractivity contribution in [3.63, 3.8) is 0 Å². The molecule has 12 heteroatoms. The number of hydrogen-bond donors (Lipinski definition) is 1. The number of carbonyl (C=O) groups is 2. The molecule has 2 aliphatic rings. The fourth-order valence-electron chi connectivity index (χ4n) is 2.35. The van der Waals surface area contributed by atoms with Crippen LogP contribution in [0.2, 0.25) is 0 Å². The van der Waals surface area contributed by atoms with Crippen molar-refractivity contribution in [1.82, 2.24) is 19.6 Å². The van der Waals surface area contributed by atoms with Gasteiger partial charge in [-0.2, -0.15) is 10.2 Å². The summed E-state index contributed by atoms with van der Waals surface area (Å²) in [6.45, 7) is 1.67. The van der Waals surface area contributed by atoms with Crippen LogP contribution in [-0.2, 0) is 4.74 Å². The molecule has 0 aliphatic carbocycles. The zero-order valence-corrected chi connectivity index (χ0v) is 13.9. The van der Waals surface area contributed by atoms with Gasteiger partial charge in [0.2, 0.25) is 0 Å². The number of carbonyl (C=O) groups excluding carboxylic acids is 2. The number of non-ortho nitro benzene ring substituents is 1. The number of primary amides is 1. The molecule has 1 aromatic rings. The average Bonchev–Trinajstić information content (AvgIpc) is 2.98. The van der Waals surface area contributed by atoms with Crippen molar-refractivity contribution in [3.8, 4) is 17.1 Å². The molecule has 2 heterocycles. The Hall–Kier alpha value is -4.09. The molecule has 2 aliphatic heterocycles. The Morgan fingerprint density at radius 1 is 1.22 bits per heavy atom. The molecule has 0 saturated carbocycles. The SMILES string of the molecule is CCOC(=O)c1cn(-c2ccc([N+](=O)[O-])cc2)nc2c(=O)n(C(N)=O)nc1-2. The van der Waals surface area contributed by atoms with E-state index in [1.807, 2.05) is 0 Å². The minimum absolute atomic E-state index is 0.0704. The number of fused-ring (bicyclic) bond motifs is 1. The number of rotatable bonds is 4. The fourth-order valence-corrected chi connectivity index (χ4v) is 2.35. The quantitative estimate of drug-likeness (QED) is 0.394. The lowest BCUT2D eigenvalue weighted by atomic mass is 10.2. The lowest BCUT2D eigenvalue weighted by Gasteiger charge is -2.10. The first-order valence-electron chi connectivity index (χ1n) is 7.58. The number of hydrogen-bond acceptors (Lipinski definition) is 8. The van der Waals surface area contributed by atoms with E-state index < -0.39 is 22.5 Å². The normalized spacial score (nSPS) is 10.7. The summed E-state index contributed by atoms with van der Waals surface area (Å²) in [7, 11) is 0. The topological polar surface area (TPSA) is 165 Å². The van der Waals surface area contributed by atoms with E-state index in [0.29, 0.717) is 10.4 Å². The number of benzene rings is 1. The Kier molecular flexibility index (Phi) is 4.38. The van der Waals surface area contributed by atoms with Crippen molar-refractivity contribution >= 4 is 17.7 Å². The number of esters is 1. The van der Waals surface area contributed by atoms with Gasteiger partial charge in [0.25, 0.3) is 5.69 Å². The maximum atomic E-state index is 12.3. The number of nitro benzene ring substituents is 1. The van der Waals surface area contributed by atoms with Gasteiger partial charge in [-0.3, -0.25) is 14.9 Å². The van der Waals surface area contributed by atoms with Crippen molar-refractivity contribution in [2.75, 3.05) is 6.61 Å². The molecule has 0 spiro atoms. The number of aromatic nitrogens is 4. The van der Waals surface area contributed by atoms with Crippen molar-refractivity contribution in [2.45, 2.75) is 6.92 Å². The Balaban J connectivity index is 2.24. The van der Waals surface area contributed by atoms with Crippen LogP contribution in [0.5, 0.6) is 0 Å². The number of nitrogens with zero attached hydrogens (tertiary/aromatic N) is 5. The zero-order chi connectivity index (χ0) is 19.7. The van der Waals surface area contributed by atoms with E-state index in [1.54, 1.807) is 6.92 Å². The maximum absolute atomic E-state index is 12.3. The highest BCUT2D eigenvalue weighted by molar-refractivity contribution is 5.96. The van der Waals surface area contributed by atoms with E-state index in [2.05, 4.69) is 10.2 Å². The summed E-state index contributed by atoms with van der Waals surface area (Å²) < 4.78 is 6.50. The highest BCUT2D eigenvalue weighted by Gasteiger charge is 2.28. The molecule has 0 aromatic heterocycles. The lowest BCUT2D eigenvalue weighted by Crippen LogP contribution is -2.30. The van der Waals surface area contributed by atoms with Gasteiger partial charge in [0.15, 0.2) is 5.69 Å². The van der Waals surface area contributed by atoms with Crippen LogP contribution in [0.4, 0.5) is 10.5 Å². The maximum Gasteiger partial charge on any atom is 0.342 e. The van der Waals surface area contributed by atoms with E-state index in [1.165, 1.54) is 30.5 Å². The van der Waals surface area contributed by atoms with Gasteiger partial charge in [-0.15, -0.1) is 4.68 Å². The molecule has 12 nitrogen and oxygen atoms in total. The predicted octanol–water partition coefficient (Wildman–Crippen LogP) is 0.545. The van der Waals surface area contributed by atoms with Crippen LogP contribution in [0.3, 0.4) is 0 Å². The summed E-state index contributed by atoms with van der Waals surface area (Å²) >= 11 is 0. The van der Waals surface area contributed by atoms with Crippen LogP contribution in [-0.4, -0.2) is 43.1 Å². The van der Waals surface area contributed by atoms with Crippen LogP contribution in [0, 0.1) is 10.1 Å². The first kappa shape index (κ1) is 17.7.